The fourth-order valence-electron chi connectivity index (χ4n) is 2.32. The van der Waals surface area contributed by atoms with E-state index in [1.165, 1.54) is 24.3 Å². The zero-order valence-corrected chi connectivity index (χ0v) is 14.7. The lowest BCUT2D eigenvalue weighted by Crippen LogP contribution is -2.14. The van der Waals surface area contributed by atoms with Crippen molar-refractivity contribution >= 4 is 15.5 Å². The smallest absolute Gasteiger partial charge is 0.341 e. The third kappa shape index (κ3) is 4.73. The molecule has 136 valence electrons. The highest BCUT2D eigenvalue weighted by Crippen LogP contribution is 2.26. The zero-order valence-electron chi connectivity index (χ0n) is 13.8. The minimum atomic E-state index is -4.72. The fourth-order valence-corrected chi connectivity index (χ4v) is 3.23. The Labute approximate surface area is 145 Å². The van der Waals surface area contributed by atoms with Gasteiger partial charge >= 0.3 is 5.76 Å². The fraction of sp³-hybridized carbons (Fsp3) is 0.294. The largest absolute Gasteiger partial charge is 0.380 e. The highest BCUT2D eigenvalue weighted by atomic mass is 32.2. The molecule has 1 N–H and O–H groups in total. The van der Waals surface area contributed by atoms with Gasteiger partial charge in [-0.15, -0.1) is 0 Å². The molecule has 0 heterocycles. The topological polar surface area (TPSA) is 49.4 Å². The SMILES string of the molecule is CN(C)Cc1ccc(CNc2ccccc2S(=O)(=O)C(F)F)cc1F. The van der Waals surface area contributed by atoms with Crippen LogP contribution >= 0.6 is 0 Å². The molecule has 4 nitrogen and oxygen atoms in total. The Kier molecular flexibility index (Phi) is 6.07. The first-order valence-electron chi connectivity index (χ1n) is 7.49. The van der Waals surface area contributed by atoms with E-state index < -0.39 is 20.5 Å². The minimum absolute atomic E-state index is 0.0561. The Hall–Kier alpha value is -2.06. The van der Waals surface area contributed by atoms with Crippen LogP contribution < -0.4 is 5.32 Å². The molecular formula is C17H19F3N2O2S. The maximum absolute atomic E-state index is 14.1. The molecule has 0 aliphatic heterocycles. The monoisotopic (exact) mass is 372 g/mol. The Morgan fingerprint density at radius 1 is 1.12 bits per heavy atom. The number of hydrogen-bond acceptors (Lipinski definition) is 4. The number of rotatable bonds is 7. The summed E-state index contributed by atoms with van der Waals surface area (Å²) < 4.78 is 63.0. The lowest BCUT2D eigenvalue weighted by Gasteiger charge is -2.14. The lowest BCUT2D eigenvalue weighted by atomic mass is 10.1. The molecule has 0 saturated carbocycles. The molecule has 0 unspecified atom stereocenters. The van der Waals surface area contributed by atoms with Crippen molar-refractivity contribution in [3.63, 3.8) is 0 Å². The molecule has 25 heavy (non-hydrogen) atoms. The van der Waals surface area contributed by atoms with Crippen molar-refractivity contribution in [3.05, 3.63) is 59.4 Å². The third-order valence-electron chi connectivity index (χ3n) is 3.52. The second-order valence-electron chi connectivity index (χ2n) is 5.82. The standard InChI is InChI=1S/C17H19F3N2O2S/c1-22(2)11-13-8-7-12(9-14(13)18)10-21-15-5-3-4-6-16(15)25(23,24)17(19)20/h3-9,17,21H,10-11H2,1-2H3. The number of alkyl halides is 2. The van der Waals surface area contributed by atoms with E-state index in [-0.39, 0.29) is 18.0 Å². The number of halogens is 3. The summed E-state index contributed by atoms with van der Waals surface area (Å²) in [7, 11) is -1.06. The molecule has 0 spiro atoms. The third-order valence-corrected chi connectivity index (χ3v) is 4.95. The van der Waals surface area contributed by atoms with Crippen molar-refractivity contribution in [1.82, 2.24) is 4.90 Å². The number of para-hydroxylation sites is 1. The first-order valence-corrected chi connectivity index (χ1v) is 9.03. The van der Waals surface area contributed by atoms with Crippen LogP contribution in [0, 0.1) is 5.82 Å². The van der Waals surface area contributed by atoms with Gasteiger partial charge < -0.3 is 10.2 Å². The van der Waals surface area contributed by atoms with Crippen molar-refractivity contribution < 1.29 is 21.6 Å². The van der Waals surface area contributed by atoms with E-state index in [9.17, 15) is 21.6 Å². The van der Waals surface area contributed by atoms with Crippen LogP contribution in [0.25, 0.3) is 0 Å². The summed E-state index contributed by atoms with van der Waals surface area (Å²) in [4.78, 5) is 1.36. The summed E-state index contributed by atoms with van der Waals surface area (Å²) in [6, 6.07) is 10.1. The molecule has 0 saturated heterocycles. The van der Waals surface area contributed by atoms with Gasteiger partial charge in [0.05, 0.1) is 10.6 Å². The summed E-state index contributed by atoms with van der Waals surface area (Å²) in [6.07, 6.45) is 0. The van der Waals surface area contributed by atoms with Gasteiger partial charge in [-0.1, -0.05) is 24.3 Å². The van der Waals surface area contributed by atoms with Crippen LogP contribution in [-0.2, 0) is 22.9 Å². The van der Waals surface area contributed by atoms with Crippen molar-refractivity contribution in [1.29, 1.82) is 0 Å². The summed E-state index contributed by atoms with van der Waals surface area (Å²) in [5.74, 6) is -3.88. The molecule has 2 aromatic carbocycles. The van der Waals surface area contributed by atoms with Crippen LogP contribution in [-0.4, -0.2) is 33.2 Å². The number of hydrogen-bond donors (Lipinski definition) is 1. The number of anilines is 1. The molecule has 0 aliphatic carbocycles. The molecule has 0 radical (unpaired) electrons. The van der Waals surface area contributed by atoms with Gasteiger partial charge in [-0.25, -0.2) is 12.8 Å². The van der Waals surface area contributed by atoms with E-state index >= 15 is 0 Å². The van der Waals surface area contributed by atoms with Gasteiger partial charge in [0.2, 0.25) is 9.84 Å². The van der Waals surface area contributed by atoms with Crippen LogP contribution in [0.15, 0.2) is 47.4 Å². The molecule has 0 aromatic heterocycles. The highest BCUT2D eigenvalue weighted by Gasteiger charge is 2.28. The average molecular weight is 372 g/mol. The van der Waals surface area contributed by atoms with E-state index in [0.29, 0.717) is 17.7 Å². The Morgan fingerprint density at radius 2 is 1.80 bits per heavy atom. The van der Waals surface area contributed by atoms with Crippen LogP contribution in [0.5, 0.6) is 0 Å². The predicted molar refractivity (Wildman–Crippen MR) is 90.7 cm³/mol. The van der Waals surface area contributed by atoms with E-state index in [0.717, 1.165) is 6.07 Å². The van der Waals surface area contributed by atoms with Crippen molar-refractivity contribution in [2.45, 2.75) is 23.7 Å². The molecule has 0 bridgehead atoms. The van der Waals surface area contributed by atoms with Gasteiger partial charge in [0.1, 0.15) is 5.82 Å². The maximum Gasteiger partial charge on any atom is 0.341 e. The second kappa shape index (κ2) is 7.88. The van der Waals surface area contributed by atoms with Crippen LogP contribution in [0.1, 0.15) is 11.1 Å². The van der Waals surface area contributed by atoms with Gasteiger partial charge in [0.25, 0.3) is 0 Å². The number of benzene rings is 2. The quantitative estimate of drug-likeness (QED) is 0.808. The van der Waals surface area contributed by atoms with Gasteiger partial charge in [-0.2, -0.15) is 8.78 Å². The molecule has 0 amide bonds. The summed E-state index contributed by atoms with van der Waals surface area (Å²) in [5, 5.41) is 2.79. The number of nitrogens with one attached hydrogen (secondary N) is 1. The molecular weight excluding hydrogens is 353 g/mol. The molecule has 0 aliphatic rings. The van der Waals surface area contributed by atoms with Crippen LogP contribution in [0.2, 0.25) is 0 Å². The summed E-state index contributed by atoms with van der Waals surface area (Å²) in [6.45, 7) is 0.559. The van der Waals surface area contributed by atoms with E-state index in [1.54, 1.807) is 12.1 Å². The van der Waals surface area contributed by atoms with Crippen molar-refractivity contribution in [3.8, 4) is 0 Å². The van der Waals surface area contributed by atoms with Crippen molar-refractivity contribution in [2.75, 3.05) is 19.4 Å². The van der Waals surface area contributed by atoms with Crippen LogP contribution in [0.3, 0.4) is 0 Å². The zero-order chi connectivity index (χ0) is 18.6. The molecule has 2 rings (SSSR count). The molecule has 8 heteroatoms. The Bertz CT molecular complexity index is 840. The lowest BCUT2D eigenvalue weighted by molar-refractivity contribution is 0.235. The van der Waals surface area contributed by atoms with Gasteiger partial charge in [-0.3, -0.25) is 0 Å². The first kappa shape index (κ1) is 19.3. The average Bonchev–Trinajstić information content (AvgIpc) is 2.55. The summed E-state index contributed by atoms with van der Waals surface area (Å²) in [5.41, 5.74) is 1.17. The number of sulfone groups is 1. The molecule has 2 aromatic rings. The second-order valence-corrected chi connectivity index (χ2v) is 7.71. The van der Waals surface area contributed by atoms with Crippen LogP contribution in [0.4, 0.5) is 18.9 Å². The number of nitrogens with zero attached hydrogens (tertiary/aromatic N) is 1. The highest BCUT2D eigenvalue weighted by molar-refractivity contribution is 7.91. The first-order chi connectivity index (χ1) is 11.7. The Morgan fingerprint density at radius 3 is 2.40 bits per heavy atom. The molecule has 0 fully saturated rings. The van der Waals surface area contributed by atoms with Gasteiger partial charge in [0, 0.05) is 18.7 Å². The summed E-state index contributed by atoms with van der Waals surface area (Å²) >= 11 is 0. The Balaban J connectivity index is 2.19. The van der Waals surface area contributed by atoms with E-state index in [4.69, 9.17) is 0 Å². The van der Waals surface area contributed by atoms with E-state index in [2.05, 4.69) is 5.32 Å². The minimum Gasteiger partial charge on any atom is -0.380 e. The normalized spacial score (nSPS) is 12.0. The van der Waals surface area contributed by atoms with Gasteiger partial charge in [-0.05, 0) is 37.9 Å². The van der Waals surface area contributed by atoms with E-state index in [1.807, 2.05) is 19.0 Å². The predicted octanol–water partition coefficient (Wildman–Crippen LogP) is 3.50. The van der Waals surface area contributed by atoms with Gasteiger partial charge in [0.15, 0.2) is 0 Å². The molecule has 0 atom stereocenters. The van der Waals surface area contributed by atoms with Crippen molar-refractivity contribution in [2.24, 2.45) is 0 Å². The maximum atomic E-state index is 14.1.